The van der Waals surface area contributed by atoms with Gasteiger partial charge >= 0.3 is 18.2 Å². The molecule has 1 amide bonds. The van der Waals surface area contributed by atoms with Gasteiger partial charge < -0.3 is 10.1 Å². The Balaban J connectivity index is 2.50. The van der Waals surface area contributed by atoms with Gasteiger partial charge in [0.05, 0.1) is 13.2 Å². The van der Waals surface area contributed by atoms with Gasteiger partial charge in [0.1, 0.15) is 0 Å². The molecule has 0 aromatic heterocycles. The minimum absolute atomic E-state index is 0.141. The van der Waals surface area contributed by atoms with Crippen LogP contribution in [-0.4, -0.2) is 43.5 Å². The summed E-state index contributed by atoms with van der Waals surface area (Å²) in [6, 6.07) is -0.287. The Morgan fingerprint density at radius 1 is 1.22 bits per heavy atom. The highest BCUT2D eigenvalue weighted by molar-refractivity contribution is 5.67. The molecule has 0 saturated heterocycles. The lowest BCUT2D eigenvalue weighted by atomic mass is 9.62. The van der Waals surface area contributed by atoms with E-state index in [9.17, 15) is 31.5 Å². The Morgan fingerprint density at radius 3 is 2.41 bits per heavy atom. The lowest BCUT2D eigenvalue weighted by molar-refractivity contribution is -0.284. The normalized spacial score (nSPS) is 25.4. The van der Waals surface area contributed by atoms with Gasteiger partial charge in [-0.05, 0) is 36.5 Å². The SMILES string of the molecule is CC1(C)CC(NC(=O)OCCCC(F)(F)C(F)(F)F)CC(C)(CN=C=O)C1. The number of amides is 1. The van der Waals surface area contributed by atoms with Crippen molar-refractivity contribution in [1.29, 1.82) is 0 Å². The number of alkyl halides is 5. The summed E-state index contributed by atoms with van der Waals surface area (Å²) in [7, 11) is 0. The second-order valence-electron chi connectivity index (χ2n) is 8.25. The number of isocyanates is 1. The predicted octanol–water partition coefficient (Wildman–Crippen LogP) is 4.61. The summed E-state index contributed by atoms with van der Waals surface area (Å²) < 4.78 is 66.5. The second kappa shape index (κ2) is 8.54. The minimum atomic E-state index is -5.61. The molecule has 0 aromatic carbocycles. The van der Waals surface area contributed by atoms with Crippen molar-refractivity contribution in [3.8, 4) is 0 Å². The molecule has 156 valence electrons. The highest BCUT2D eigenvalue weighted by atomic mass is 19.4. The van der Waals surface area contributed by atoms with E-state index >= 15 is 0 Å². The van der Waals surface area contributed by atoms with Crippen LogP contribution in [0, 0.1) is 10.8 Å². The molecule has 0 aromatic rings. The Labute approximate surface area is 154 Å². The zero-order valence-electron chi connectivity index (χ0n) is 15.6. The van der Waals surface area contributed by atoms with Gasteiger partial charge in [-0.25, -0.2) is 14.6 Å². The van der Waals surface area contributed by atoms with Crippen molar-refractivity contribution in [3.05, 3.63) is 0 Å². The molecule has 2 atom stereocenters. The van der Waals surface area contributed by atoms with Crippen molar-refractivity contribution < 1.29 is 36.3 Å². The summed E-state index contributed by atoms with van der Waals surface area (Å²) in [5.74, 6) is -4.80. The first kappa shape index (κ1) is 23.3. The van der Waals surface area contributed by atoms with Crippen LogP contribution in [-0.2, 0) is 9.53 Å². The molecule has 1 aliphatic rings. The van der Waals surface area contributed by atoms with E-state index in [2.05, 4.69) is 10.3 Å². The van der Waals surface area contributed by atoms with E-state index in [0.29, 0.717) is 12.8 Å². The molecular formula is C17H25F5N2O3. The Kier molecular flexibility index (Phi) is 7.38. The first-order valence-electron chi connectivity index (χ1n) is 8.61. The molecule has 1 aliphatic carbocycles. The zero-order chi connectivity index (χ0) is 20.9. The van der Waals surface area contributed by atoms with Gasteiger partial charge in [0.15, 0.2) is 0 Å². The van der Waals surface area contributed by atoms with Gasteiger partial charge in [-0.2, -0.15) is 22.0 Å². The largest absolute Gasteiger partial charge is 0.453 e. The fourth-order valence-corrected chi connectivity index (χ4v) is 3.89. The maximum atomic E-state index is 12.8. The van der Waals surface area contributed by atoms with Gasteiger partial charge in [-0.3, -0.25) is 0 Å². The zero-order valence-corrected chi connectivity index (χ0v) is 15.6. The molecule has 1 fully saturated rings. The van der Waals surface area contributed by atoms with Crippen LogP contribution in [0.25, 0.3) is 0 Å². The number of aliphatic imine (C=N–C) groups is 1. The van der Waals surface area contributed by atoms with E-state index in [1.807, 2.05) is 20.8 Å². The van der Waals surface area contributed by atoms with Crippen molar-refractivity contribution in [2.75, 3.05) is 13.2 Å². The van der Waals surface area contributed by atoms with Gasteiger partial charge in [-0.1, -0.05) is 20.8 Å². The monoisotopic (exact) mass is 400 g/mol. The number of rotatable bonds is 7. The lowest BCUT2D eigenvalue weighted by Crippen LogP contribution is -2.48. The smallest absolute Gasteiger partial charge is 0.450 e. The van der Waals surface area contributed by atoms with Gasteiger partial charge in [0.25, 0.3) is 0 Å². The average molecular weight is 400 g/mol. The van der Waals surface area contributed by atoms with Crippen molar-refractivity contribution in [2.45, 2.75) is 71.0 Å². The van der Waals surface area contributed by atoms with Gasteiger partial charge in [0, 0.05) is 12.5 Å². The summed E-state index contributed by atoms with van der Waals surface area (Å²) in [6.45, 7) is 5.68. The van der Waals surface area contributed by atoms with E-state index in [1.54, 1.807) is 0 Å². The van der Waals surface area contributed by atoms with Crippen LogP contribution in [0.5, 0.6) is 0 Å². The minimum Gasteiger partial charge on any atom is -0.450 e. The molecule has 0 heterocycles. The third kappa shape index (κ3) is 7.44. The number of halogens is 5. The number of nitrogens with zero attached hydrogens (tertiary/aromatic N) is 1. The van der Waals surface area contributed by atoms with Crippen LogP contribution < -0.4 is 5.32 Å². The van der Waals surface area contributed by atoms with Crippen LogP contribution in [0.2, 0.25) is 0 Å². The Morgan fingerprint density at radius 2 is 1.85 bits per heavy atom. The van der Waals surface area contributed by atoms with E-state index in [0.717, 1.165) is 6.42 Å². The average Bonchev–Trinajstić information content (AvgIpc) is 2.46. The highest BCUT2D eigenvalue weighted by Crippen LogP contribution is 2.46. The quantitative estimate of drug-likeness (QED) is 0.294. The third-order valence-electron chi connectivity index (χ3n) is 4.57. The summed E-state index contributed by atoms with van der Waals surface area (Å²) in [5.41, 5.74) is -0.468. The number of hydrogen-bond donors (Lipinski definition) is 1. The van der Waals surface area contributed by atoms with Crippen LogP contribution in [0.1, 0.15) is 52.9 Å². The van der Waals surface area contributed by atoms with E-state index in [-0.39, 0.29) is 23.4 Å². The van der Waals surface area contributed by atoms with Gasteiger partial charge in [0.2, 0.25) is 6.08 Å². The molecular weight excluding hydrogens is 375 g/mol. The van der Waals surface area contributed by atoms with Crippen LogP contribution in [0.15, 0.2) is 4.99 Å². The van der Waals surface area contributed by atoms with Crippen LogP contribution in [0.3, 0.4) is 0 Å². The molecule has 2 unspecified atom stereocenters. The number of hydrogen-bond acceptors (Lipinski definition) is 4. The maximum absolute atomic E-state index is 12.8. The number of carbonyl (C=O) groups is 1. The summed E-state index contributed by atoms with van der Waals surface area (Å²) in [4.78, 5) is 25.9. The van der Waals surface area contributed by atoms with E-state index in [1.165, 1.54) is 6.08 Å². The van der Waals surface area contributed by atoms with Crippen molar-refractivity contribution in [2.24, 2.45) is 15.8 Å². The summed E-state index contributed by atoms with van der Waals surface area (Å²) >= 11 is 0. The first-order valence-corrected chi connectivity index (χ1v) is 8.61. The molecule has 0 radical (unpaired) electrons. The standard InChI is InChI=1S/C17H25F5N2O3/c1-14(2)7-12(8-15(3,9-14)10-23-11-25)24-13(26)27-6-4-5-16(18,19)17(20,21)22/h12H,4-10H2,1-3H3,(H,24,26). The fraction of sp³-hybridized carbons (Fsp3) is 0.882. The van der Waals surface area contributed by atoms with E-state index in [4.69, 9.17) is 4.74 Å². The summed E-state index contributed by atoms with van der Waals surface area (Å²) in [5, 5.41) is 2.62. The number of carbonyl (C=O) groups excluding carboxylic acids is 2. The van der Waals surface area contributed by atoms with Crippen molar-refractivity contribution in [3.63, 3.8) is 0 Å². The van der Waals surface area contributed by atoms with Crippen molar-refractivity contribution >= 4 is 12.2 Å². The first-order chi connectivity index (χ1) is 12.2. The molecule has 5 nitrogen and oxygen atoms in total. The third-order valence-corrected chi connectivity index (χ3v) is 4.57. The topological polar surface area (TPSA) is 67.8 Å². The van der Waals surface area contributed by atoms with E-state index < -0.39 is 37.6 Å². The molecule has 0 spiro atoms. The lowest BCUT2D eigenvalue weighted by Gasteiger charge is -2.45. The number of ether oxygens (including phenoxy) is 1. The van der Waals surface area contributed by atoms with Crippen molar-refractivity contribution in [1.82, 2.24) is 5.32 Å². The molecule has 10 heteroatoms. The molecule has 0 bridgehead atoms. The molecule has 1 rings (SSSR count). The van der Waals surface area contributed by atoms with Crippen LogP contribution >= 0.6 is 0 Å². The molecule has 27 heavy (non-hydrogen) atoms. The molecule has 1 saturated carbocycles. The Bertz CT molecular complexity index is 573. The number of nitrogens with one attached hydrogen (secondary N) is 1. The highest BCUT2D eigenvalue weighted by Gasteiger charge is 2.56. The predicted molar refractivity (Wildman–Crippen MR) is 87.2 cm³/mol. The molecule has 1 N–H and O–H groups in total. The second-order valence-corrected chi connectivity index (χ2v) is 8.25. The maximum Gasteiger partial charge on any atom is 0.453 e. The summed E-state index contributed by atoms with van der Waals surface area (Å²) in [6.07, 6.45) is -5.08. The Hall–Kier alpha value is -1.70. The number of alkyl carbamates (subject to hydrolysis) is 1. The molecule has 0 aliphatic heterocycles. The van der Waals surface area contributed by atoms with Gasteiger partial charge in [-0.15, -0.1) is 0 Å². The fourth-order valence-electron chi connectivity index (χ4n) is 3.89. The van der Waals surface area contributed by atoms with Crippen LogP contribution in [0.4, 0.5) is 26.7 Å².